The number of hydroxylamine groups is 3. The van der Waals surface area contributed by atoms with Crippen LogP contribution in [0.4, 0.5) is 5.95 Å². The van der Waals surface area contributed by atoms with E-state index in [-0.39, 0.29) is 10.2 Å². The topological polar surface area (TPSA) is 88.1 Å². The van der Waals surface area contributed by atoms with Crippen LogP contribution in [0.15, 0.2) is 9.59 Å². The molecule has 0 aliphatic carbocycles. The zero-order chi connectivity index (χ0) is 17.5. The number of hydrogen-bond donors (Lipinski definition) is 0. The monoisotopic (exact) mass is 324 g/mol. The van der Waals surface area contributed by atoms with E-state index < -0.39 is 5.69 Å². The molecule has 9 nitrogen and oxygen atoms in total. The van der Waals surface area contributed by atoms with Crippen molar-refractivity contribution in [3.8, 4) is 0 Å². The Morgan fingerprint density at radius 3 is 2.30 bits per heavy atom. The number of anilines is 1. The van der Waals surface area contributed by atoms with E-state index >= 15 is 0 Å². The summed E-state index contributed by atoms with van der Waals surface area (Å²) in [5.41, 5.74) is -0.0194. The van der Waals surface area contributed by atoms with E-state index in [2.05, 4.69) is 4.98 Å². The maximum Gasteiger partial charge on any atom is 0.332 e. The van der Waals surface area contributed by atoms with Crippen molar-refractivity contribution in [2.24, 2.45) is 21.1 Å². The number of hydrogen-bond acceptors (Lipinski definition) is 5. The van der Waals surface area contributed by atoms with Crippen molar-refractivity contribution < 1.29 is 4.65 Å². The van der Waals surface area contributed by atoms with E-state index in [0.717, 1.165) is 4.57 Å². The second kappa shape index (κ2) is 5.82. The first kappa shape index (κ1) is 17.2. The summed E-state index contributed by atoms with van der Waals surface area (Å²) in [6.45, 7) is 1.13. The molecule has 0 saturated heterocycles. The first-order chi connectivity index (χ1) is 10.5. The zero-order valence-electron chi connectivity index (χ0n) is 14.5. The Morgan fingerprint density at radius 1 is 1.13 bits per heavy atom. The highest BCUT2D eigenvalue weighted by atomic mass is 16.5. The average molecular weight is 324 g/mol. The lowest BCUT2D eigenvalue weighted by Crippen LogP contribution is -2.37. The van der Waals surface area contributed by atoms with Crippen molar-refractivity contribution in [3.63, 3.8) is 0 Å². The van der Waals surface area contributed by atoms with Crippen LogP contribution in [0.2, 0.25) is 0 Å². The maximum atomic E-state index is 12.3. The van der Waals surface area contributed by atoms with Crippen molar-refractivity contribution in [2.45, 2.75) is 6.42 Å². The maximum absolute atomic E-state index is 12.3. The molecule has 23 heavy (non-hydrogen) atoms. The number of aromatic nitrogens is 4. The Bertz CT molecular complexity index is 839. The molecule has 0 atom stereocenters. The molecule has 0 amide bonds. The van der Waals surface area contributed by atoms with Gasteiger partial charge < -0.3 is 19.3 Å². The highest BCUT2D eigenvalue weighted by molar-refractivity contribution is 5.74. The second-order valence-corrected chi connectivity index (χ2v) is 6.42. The highest BCUT2D eigenvalue weighted by Crippen LogP contribution is 2.16. The SMILES string of the molecule is CN(CCC[N+](C)(C)[O-])c1nc2c(c(=O)n(C)c(=O)n2C)n1C. The molecule has 0 radical (unpaired) electrons. The fraction of sp³-hybridized carbons (Fsp3) is 0.643. The van der Waals surface area contributed by atoms with Gasteiger partial charge in [0.1, 0.15) is 0 Å². The molecule has 0 bridgehead atoms. The molecule has 2 rings (SSSR count). The van der Waals surface area contributed by atoms with E-state index in [1.54, 1.807) is 32.8 Å². The smallest absolute Gasteiger partial charge is 0.332 e. The van der Waals surface area contributed by atoms with Gasteiger partial charge in [-0.15, -0.1) is 0 Å². The van der Waals surface area contributed by atoms with Gasteiger partial charge in [-0.2, -0.15) is 4.98 Å². The summed E-state index contributed by atoms with van der Waals surface area (Å²) in [7, 11) is 9.87. The Hall–Kier alpha value is -2.13. The number of rotatable bonds is 5. The molecule has 0 N–H and O–H groups in total. The van der Waals surface area contributed by atoms with Crippen LogP contribution in [0.3, 0.4) is 0 Å². The lowest BCUT2D eigenvalue weighted by Gasteiger charge is -2.34. The average Bonchev–Trinajstić information content (AvgIpc) is 2.79. The lowest BCUT2D eigenvalue weighted by atomic mass is 10.4. The van der Waals surface area contributed by atoms with E-state index in [4.69, 9.17) is 0 Å². The van der Waals surface area contributed by atoms with Gasteiger partial charge in [0.2, 0.25) is 5.95 Å². The van der Waals surface area contributed by atoms with E-state index in [1.165, 1.54) is 11.6 Å². The second-order valence-electron chi connectivity index (χ2n) is 6.42. The number of imidazole rings is 1. The van der Waals surface area contributed by atoms with Gasteiger partial charge in [0.25, 0.3) is 5.56 Å². The quantitative estimate of drug-likeness (QED) is 0.540. The van der Waals surface area contributed by atoms with Crippen molar-refractivity contribution in [1.29, 1.82) is 0 Å². The van der Waals surface area contributed by atoms with Gasteiger partial charge in [0.05, 0.1) is 20.6 Å². The molecule has 0 fully saturated rings. The van der Waals surface area contributed by atoms with E-state index in [9.17, 15) is 14.8 Å². The summed E-state index contributed by atoms with van der Waals surface area (Å²) in [5.74, 6) is 0.592. The molecular weight excluding hydrogens is 300 g/mol. The van der Waals surface area contributed by atoms with Gasteiger partial charge in [0.15, 0.2) is 11.2 Å². The molecule has 0 unspecified atom stereocenters. The third-order valence-corrected chi connectivity index (χ3v) is 3.98. The summed E-state index contributed by atoms with van der Waals surface area (Å²) >= 11 is 0. The number of fused-ring (bicyclic) bond motifs is 1. The molecule has 2 aromatic heterocycles. The summed E-state index contributed by atoms with van der Waals surface area (Å²) in [5, 5.41) is 11.6. The minimum Gasteiger partial charge on any atom is -0.633 e. The van der Waals surface area contributed by atoms with Crippen molar-refractivity contribution >= 4 is 17.1 Å². The molecular formula is C14H24N6O3. The van der Waals surface area contributed by atoms with Crippen LogP contribution >= 0.6 is 0 Å². The third-order valence-electron chi connectivity index (χ3n) is 3.98. The molecule has 2 aromatic rings. The minimum absolute atomic E-state index is 0.342. The van der Waals surface area contributed by atoms with Crippen LogP contribution in [0.5, 0.6) is 0 Å². The van der Waals surface area contributed by atoms with Crippen LogP contribution < -0.4 is 16.1 Å². The van der Waals surface area contributed by atoms with Crippen LogP contribution in [0.1, 0.15) is 6.42 Å². The molecule has 2 heterocycles. The standard InChI is InChI=1S/C14H24N6O3/c1-16(8-7-9-20(5,6)23)13-15-11-10(17(13)2)12(21)19(4)14(22)18(11)3/h7-9H2,1-6H3. The number of nitrogens with zero attached hydrogens (tertiary/aromatic N) is 6. The number of quaternary nitrogens is 1. The fourth-order valence-electron chi connectivity index (χ4n) is 2.64. The lowest BCUT2D eigenvalue weighted by molar-refractivity contribution is -0.840. The molecule has 0 aromatic carbocycles. The first-order valence-electron chi connectivity index (χ1n) is 7.42. The summed E-state index contributed by atoms with van der Waals surface area (Å²) in [6, 6.07) is 0. The normalized spacial score (nSPS) is 12.1. The first-order valence-corrected chi connectivity index (χ1v) is 7.42. The molecule has 0 spiro atoms. The van der Waals surface area contributed by atoms with Crippen molar-refractivity contribution in [1.82, 2.24) is 18.7 Å². The summed E-state index contributed by atoms with van der Waals surface area (Å²) in [4.78, 5) is 30.7. The largest absolute Gasteiger partial charge is 0.633 e. The Kier molecular flexibility index (Phi) is 4.36. The Morgan fingerprint density at radius 2 is 1.74 bits per heavy atom. The van der Waals surface area contributed by atoms with Crippen molar-refractivity contribution in [3.05, 3.63) is 26.0 Å². The molecule has 9 heteroatoms. The van der Waals surface area contributed by atoms with Crippen LogP contribution in [0.25, 0.3) is 11.2 Å². The Labute approximate surface area is 134 Å². The predicted molar refractivity (Wildman–Crippen MR) is 89.4 cm³/mol. The van der Waals surface area contributed by atoms with E-state index in [0.29, 0.717) is 36.6 Å². The van der Waals surface area contributed by atoms with E-state index in [1.807, 2.05) is 11.9 Å². The summed E-state index contributed by atoms with van der Waals surface area (Å²) < 4.78 is 3.79. The van der Waals surface area contributed by atoms with Gasteiger partial charge in [-0.3, -0.25) is 13.9 Å². The Balaban J connectivity index is 2.42. The van der Waals surface area contributed by atoms with Gasteiger partial charge >= 0.3 is 5.69 Å². The molecule has 0 aliphatic heterocycles. The fourth-order valence-corrected chi connectivity index (χ4v) is 2.64. The molecule has 0 aliphatic rings. The minimum atomic E-state index is -0.403. The third kappa shape index (κ3) is 3.15. The number of aryl methyl sites for hydroxylation is 2. The van der Waals surface area contributed by atoms with Crippen LogP contribution in [-0.2, 0) is 21.1 Å². The van der Waals surface area contributed by atoms with Gasteiger partial charge in [0, 0.05) is 41.2 Å². The van der Waals surface area contributed by atoms with Gasteiger partial charge in [-0.05, 0) is 0 Å². The van der Waals surface area contributed by atoms with Crippen molar-refractivity contribution in [2.75, 3.05) is 39.1 Å². The summed E-state index contributed by atoms with van der Waals surface area (Å²) in [6.07, 6.45) is 0.702. The predicted octanol–water partition coefficient (Wildman–Crippen LogP) is -0.629. The zero-order valence-corrected chi connectivity index (χ0v) is 14.5. The van der Waals surface area contributed by atoms with Crippen LogP contribution in [-0.4, -0.2) is 57.6 Å². The van der Waals surface area contributed by atoms with Gasteiger partial charge in [-0.1, -0.05) is 0 Å². The van der Waals surface area contributed by atoms with Gasteiger partial charge in [-0.25, -0.2) is 4.79 Å². The highest BCUT2D eigenvalue weighted by Gasteiger charge is 2.19. The molecule has 128 valence electrons. The molecule has 0 saturated carbocycles. The van der Waals surface area contributed by atoms with Crippen LogP contribution in [0, 0.1) is 5.21 Å².